The Morgan fingerprint density at radius 3 is 2.60 bits per heavy atom. The second-order valence-electron chi connectivity index (χ2n) is 4.72. The third-order valence-corrected chi connectivity index (χ3v) is 3.78. The van der Waals surface area contributed by atoms with Crippen LogP contribution in [0.3, 0.4) is 0 Å². The Morgan fingerprint density at radius 2 is 2.10 bits per heavy atom. The van der Waals surface area contributed by atoms with E-state index in [2.05, 4.69) is 10.3 Å². The van der Waals surface area contributed by atoms with Crippen molar-refractivity contribution in [1.29, 1.82) is 0 Å². The maximum atomic E-state index is 11.7. The number of hydrogen-bond donors (Lipinski definition) is 1. The fraction of sp³-hybridized carbons (Fsp3) is 0.615. The second kappa shape index (κ2) is 7.35. The van der Waals surface area contributed by atoms with Crippen LogP contribution in [0.4, 0.5) is 5.13 Å². The molecule has 0 saturated heterocycles. The number of amides is 2. The molecule has 7 heteroatoms. The monoisotopic (exact) mass is 298 g/mol. The summed E-state index contributed by atoms with van der Waals surface area (Å²) in [6, 6.07) is -0.259. The molecule has 1 N–H and O–H groups in total. The minimum absolute atomic E-state index is 0.0162. The molecule has 1 atom stereocenters. The first-order valence-corrected chi connectivity index (χ1v) is 7.41. The van der Waals surface area contributed by atoms with Gasteiger partial charge >= 0.3 is 0 Å². The average molecular weight is 298 g/mol. The van der Waals surface area contributed by atoms with Gasteiger partial charge in [0, 0.05) is 39.5 Å². The number of anilines is 1. The van der Waals surface area contributed by atoms with Crippen LogP contribution in [0.5, 0.6) is 0 Å². The van der Waals surface area contributed by atoms with Crippen LogP contribution in [0, 0.1) is 0 Å². The van der Waals surface area contributed by atoms with Crippen molar-refractivity contribution in [2.75, 3.05) is 25.5 Å². The van der Waals surface area contributed by atoms with E-state index in [-0.39, 0.29) is 17.9 Å². The number of rotatable bonds is 6. The molecular weight excluding hydrogens is 276 g/mol. The third-order valence-electron chi connectivity index (χ3n) is 2.87. The molecular formula is C13H22N4O2S. The number of carbonyl (C=O) groups excluding carboxylic acids is 2. The van der Waals surface area contributed by atoms with Gasteiger partial charge in [-0.3, -0.25) is 14.5 Å². The van der Waals surface area contributed by atoms with Crippen molar-refractivity contribution in [3.05, 3.63) is 11.1 Å². The van der Waals surface area contributed by atoms with Crippen molar-refractivity contribution in [3.8, 4) is 0 Å². The standard InChI is InChI=1S/C13H22N4O2S/c1-6-17(10(3)18)13-15-11(8-20-13)7-14-9(2)12(19)16(4)5/h8-9,14H,6-7H2,1-5H3. The van der Waals surface area contributed by atoms with Crippen LogP contribution in [0.15, 0.2) is 5.38 Å². The summed E-state index contributed by atoms with van der Waals surface area (Å²) in [6.45, 7) is 6.38. The smallest absolute Gasteiger partial charge is 0.238 e. The Kier molecular flexibility index (Phi) is 6.09. The lowest BCUT2D eigenvalue weighted by atomic mass is 10.3. The van der Waals surface area contributed by atoms with E-state index in [0.717, 1.165) is 5.69 Å². The van der Waals surface area contributed by atoms with E-state index in [4.69, 9.17) is 0 Å². The Labute approximate surface area is 123 Å². The molecule has 0 aliphatic rings. The van der Waals surface area contributed by atoms with E-state index >= 15 is 0 Å². The van der Waals surface area contributed by atoms with Crippen LogP contribution in [0.2, 0.25) is 0 Å². The summed E-state index contributed by atoms with van der Waals surface area (Å²) in [5.41, 5.74) is 0.836. The van der Waals surface area contributed by atoms with Crippen LogP contribution in [0.25, 0.3) is 0 Å². The van der Waals surface area contributed by atoms with Gasteiger partial charge in [-0.15, -0.1) is 11.3 Å². The van der Waals surface area contributed by atoms with Gasteiger partial charge in [0.15, 0.2) is 5.13 Å². The van der Waals surface area contributed by atoms with Gasteiger partial charge in [0.2, 0.25) is 11.8 Å². The summed E-state index contributed by atoms with van der Waals surface area (Å²) in [4.78, 5) is 30.7. The molecule has 1 unspecified atom stereocenters. The molecule has 0 aliphatic carbocycles. The molecule has 112 valence electrons. The molecule has 0 radical (unpaired) electrons. The molecule has 0 fully saturated rings. The van der Waals surface area contributed by atoms with E-state index in [1.165, 1.54) is 18.3 Å². The molecule has 1 aromatic rings. The van der Waals surface area contributed by atoms with E-state index in [1.54, 1.807) is 23.9 Å². The maximum absolute atomic E-state index is 11.7. The highest BCUT2D eigenvalue weighted by molar-refractivity contribution is 7.14. The molecule has 1 heterocycles. The summed E-state index contributed by atoms with van der Waals surface area (Å²) >= 11 is 1.44. The largest absolute Gasteiger partial charge is 0.347 e. The highest BCUT2D eigenvalue weighted by atomic mass is 32.1. The normalized spacial score (nSPS) is 12.1. The predicted octanol–water partition coefficient (Wildman–Crippen LogP) is 1.08. The Bertz CT molecular complexity index is 473. The van der Waals surface area contributed by atoms with E-state index in [1.807, 2.05) is 19.2 Å². The van der Waals surface area contributed by atoms with Gasteiger partial charge in [0.1, 0.15) is 0 Å². The minimum atomic E-state index is -0.259. The lowest BCUT2D eigenvalue weighted by Crippen LogP contribution is -2.41. The first-order chi connectivity index (χ1) is 9.36. The number of likely N-dealkylation sites (N-methyl/N-ethyl adjacent to an activating group) is 1. The highest BCUT2D eigenvalue weighted by Crippen LogP contribution is 2.20. The highest BCUT2D eigenvalue weighted by Gasteiger charge is 2.16. The summed E-state index contributed by atoms with van der Waals surface area (Å²) in [6.07, 6.45) is 0. The maximum Gasteiger partial charge on any atom is 0.238 e. The van der Waals surface area contributed by atoms with Crippen molar-refractivity contribution in [2.45, 2.75) is 33.4 Å². The number of hydrogen-bond acceptors (Lipinski definition) is 5. The Balaban J connectivity index is 2.61. The van der Waals surface area contributed by atoms with Crippen molar-refractivity contribution >= 4 is 28.3 Å². The van der Waals surface area contributed by atoms with Crippen molar-refractivity contribution in [3.63, 3.8) is 0 Å². The number of carbonyl (C=O) groups is 2. The fourth-order valence-electron chi connectivity index (χ4n) is 1.73. The van der Waals surface area contributed by atoms with Crippen LogP contribution in [0.1, 0.15) is 26.5 Å². The lowest BCUT2D eigenvalue weighted by Gasteiger charge is -2.17. The fourth-order valence-corrected chi connectivity index (χ4v) is 2.66. The Morgan fingerprint density at radius 1 is 1.45 bits per heavy atom. The molecule has 0 saturated carbocycles. The predicted molar refractivity (Wildman–Crippen MR) is 80.8 cm³/mol. The van der Waals surface area contributed by atoms with Crippen LogP contribution < -0.4 is 10.2 Å². The SMILES string of the molecule is CCN(C(C)=O)c1nc(CNC(C)C(=O)N(C)C)cs1. The minimum Gasteiger partial charge on any atom is -0.347 e. The molecule has 6 nitrogen and oxygen atoms in total. The molecule has 20 heavy (non-hydrogen) atoms. The van der Waals surface area contributed by atoms with Crippen LogP contribution in [-0.2, 0) is 16.1 Å². The van der Waals surface area contributed by atoms with E-state index in [0.29, 0.717) is 18.2 Å². The summed E-state index contributed by atoms with van der Waals surface area (Å²) in [5.74, 6) is 0.0110. The van der Waals surface area contributed by atoms with E-state index < -0.39 is 0 Å². The summed E-state index contributed by atoms with van der Waals surface area (Å²) in [7, 11) is 3.46. The second-order valence-corrected chi connectivity index (χ2v) is 5.56. The molecule has 0 aliphatic heterocycles. The number of aromatic nitrogens is 1. The summed E-state index contributed by atoms with van der Waals surface area (Å²) in [5, 5.41) is 5.73. The average Bonchev–Trinajstić information content (AvgIpc) is 2.83. The number of thiazole rings is 1. The molecule has 0 bridgehead atoms. The zero-order valence-corrected chi connectivity index (χ0v) is 13.5. The van der Waals surface area contributed by atoms with Crippen molar-refractivity contribution in [2.24, 2.45) is 0 Å². The van der Waals surface area contributed by atoms with Gasteiger partial charge in [0.25, 0.3) is 0 Å². The van der Waals surface area contributed by atoms with Gasteiger partial charge in [-0.25, -0.2) is 4.98 Å². The van der Waals surface area contributed by atoms with Gasteiger partial charge in [0.05, 0.1) is 11.7 Å². The first-order valence-electron chi connectivity index (χ1n) is 6.53. The van der Waals surface area contributed by atoms with E-state index in [9.17, 15) is 9.59 Å². The third kappa shape index (κ3) is 4.28. The molecule has 1 aromatic heterocycles. The first kappa shape index (κ1) is 16.6. The van der Waals surface area contributed by atoms with Gasteiger partial charge in [-0.05, 0) is 13.8 Å². The number of nitrogens with one attached hydrogen (secondary N) is 1. The molecule has 2 amide bonds. The van der Waals surface area contributed by atoms with Crippen LogP contribution >= 0.6 is 11.3 Å². The van der Waals surface area contributed by atoms with Crippen molar-refractivity contribution < 1.29 is 9.59 Å². The lowest BCUT2D eigenvalue weighted by molar-refractivity contribution is -0.130. The Hall–Kier alpha value is -1.47. The van der Waals surface area contributed by atoms with Gasteiger partial charge < -0.3 is 10.2 Å². The van der Waals surface area contributed by atoms with Crippen molar-refractivity contribution in [1.82, 2.24) is 15.2 Å². The van der Waals surface area contributed by atoms with Crippen LogP contribution in [-0.4, -0.2) is 48.4 Å². The quantitative estimate of drug-likeness (QED) is 0.853. The number of nitrogens with zero attached hydrogens (tertiary/aromatic N) is 3. The molecule has 1 rings (SSSR count). The zero-order chi connectivity index (χ0) is 15.3. The molecule has 0 spiro atoms. The van der Waals surface area contributed by atoms with Gasteiger partial charge in [-0.1, -0.05) is 0 Å². The molecule has 0 aromatic carbocycles. The zero-order valence-electron chi connectivity index (χ0n) is 12.6. The topological polar surface area (TPSA) is 65.5 Å². The van der Waals surface area contributed by atoms with Gasteiger partial charge in [-0.2, -0.15) is 0 Å². The summed E-state index contributed by atoms with van der Waals surface area (Å²) < 4.78 is 0.